The molecule has 0 amide bonds. The Balaban J connectivity index is 1.66. The van der Waals surface area contributed by atoms with Crippen LogP contribution in [0.5, 0.6) is 0 Å². The lowest BCUT2D eigenvalue weighted by molar-refractivity contribution is 0.679. The van der Waals surface area contributed by atoms with Crippen molar-refractivity contribution in [1.82, 2.24) is 19.7 Å². The van der Waals surface area contributed by atoms with Gasteiger partial charge in [-0.3, -0.25) is 4.98 Å². The van der Waals surface area contributed by atoms with E-state index in [-0.39, 0.29) is 0 Å². The Morgan fingerprint density at radius 3 is 2.83 bits per heavy atom. The van der Waals surface area contributed by atoms with Gasteiger partial charge in [0.25, 0.3) is 0 Å². The molecule has 0 aliphatic rings. The second kappa shape index (κ2) is 11.0. The molecule has 0 unspecified atom stereocenters. The van der Waals surface area contributed by atoms with Gasteiger partial charge in [0.1, 0.15) is 0 Å². The van der Waals surface area contributed by atoms with Gasteiger partial charge in [0.15, 0.2) is 11.0 Å². The summed E-state index contributed by atoms with van der Waals surface area (Å²) in [7, 11) is 1.97. The standard InChI is InChI=1S/C23H25ClN4S/c1-3-4-5-6-7-8-10-18-13-20(16-25-15-18)22-26-27-23(28(22)2)29-17-19-11-9-12-21(24)14-19/h9,11-16H,3-7,17H2,1-2H3. The van der Waals surface area contributed by atoms with Crippen molar-refractivity contribution >= 4 is 23.4 Å². The van der Waals surface area contributed by atoms with E-state index in [4.69, 9.17) is 11.6 Å². The molecule has 0 aliphatic carbocycles. The van der Waals surface area contributed by atoms with Gasteiger partial charge in [0.2, 0.25) is 0 Å². The van der Waals surface area contributed by atoms with Crippen molar-refractivity contribution in [2.24, 2.45) is 7.05 Å². The minimum atomic E-state index is 0.746. The van der Waals surface area contributed by atoms with Crippen LogP contribution in [0.25, 0.3) is 11.4 Å². The summed E-state index contributed by atoms with van der Waals surface area (Å²) in [6.07, 6.45) is 9.47. The maximum atomic E-state index is 6.06. The second-order valence-corrected chi connectivity index (χ2v) is 8.24. The van der Waals surface area contributed by atoms with E-state index in [1.807, 2.05) is 42.1 Å². The summed E-state index contributed by atoms with van der Waals surface area (Å²) in [6.45, 7) is 2.22. The Morgan fingerprint density at radius 2 is 2.00 bits per heavy atom. The van der Waals surface area contributed by atoms with E-state index in [1.54, 1.807) is 18.0 Å². The minimum absolute atomic E-state index is 0.746. The number of unbranched alkanes of at least 4 members (excludes halogenated alkanes) is 4. The summed E-state index contributed by atoms with van der Waals surface area (Å²) in [5, 5.41) is 10.3. The van der Waals surface area contributed by atoms with Crippen molar-refractivity contribution in [3.63, 3.8) is 0 Å². The zero-order chi connectivity index (χ0) is 20.5. The lowest BCUT2D eigenvalue weighted by atomic mass is 10.1. The largest absolute Gasteiger partial charge is 0.305 e. The highest BCUT2D eigenvalue weighted by Crippen LogP contribution is 2.26. The van der Waals surface area contributed by atoms with Gasteiger partial charge in [-0.2, -0.15) is 0 Å². The summed E-state index contributed by atoms with van der Waals surface area (Å²) >= 11 is 7.70. The molecule has 3 aromatic rings. The number of rotatable bonds is 8. The first-order valence-corrected chi connectivity index (χ1v) is 11.2. The van der Waals surface area contributed by atoms with Gasteiger partial charge in [0, 0.05) is 47.8 Å². The number of hydrogen-bond acceptors (Lipinski definition) is 4. The molecule has 0 bridgehead atoms. The van der Waals surface area contributed by atoms with Crippen LogP contribution in [0.15, 0.2) is 47.9 Å². The van der Waals surface area contributed by atoms with Gasteiger partial charge >= 0.3 is 0 Å². The zero-order valence-corrected chi connectivity index (χ0v) is 18.4. The second-order valence-electron chi connectivity index (χ2n) is 6.86. The van der Waals surface area contributed by atoms with Crippen LogP contribution in [-0.2, 0) is 12.8 Å². The molecule has 0 saturated carbocycles. The van der Waals surface area contributed by atoms with Crippen molar-refractivity contribution in [1.29, 1.82) is 0 Å². The van der Waals surface area contributed by atoms with Crippen LogP contribution in [0.2, 0.25) is 5.02 Å². The van der Waals surface area contributed by atoms with Crippen LogP contribution in [0.3, 0.4) is 0 Å². The fourth-order valence-corrected chi connectivity index (χ4v) is 3.97. The fraction of sp³-hybridized carbons (Fsp3) is 0.348. The highest BCUT2D eigenvalue weighted by molar-refractivity contribution is 7.98. The number of hydrogen-bond donors (Lipinski definition) is 0. The van der Waals surface area contributed by atoms with Crippen molar-refractivity contribution in [3.8, 4) is 23.2 Å². The molecule has 2 heterocycles. The topological polar surface area (TPSA) is 43.6 Å². The number of pyridine rings is 1. The predicted octanol–water partition coefficient (Wildman–Crippen LogP) is 6.14. The molecular formula is C23H25ClN4S. The van der Waals surface area contributed by atoms with Gasteiger partial charge in [-0.05, 0) is 30.2 Å². The number of nitrogens with zero attached hydrogens (tertiary/aromatic N) is 4. The third-order valence-electron chi connectivity index (χ3n) is 4.48. The maximum absolute atomic E-state index is 6.06. The van der Waals surface area contributed by atoms with Crippen LogP contribution in [0.4, 0.5) is 0 Å². The Kier molecular flexibility index (Phi) is 8.15. The van der Waals surface area contributed by atoms with Crippen LogP contribution in [-0.4, -0.2) is 19.7 Å². The monoisotopic (exact) mass is 424 g/mol. The molecule has 0 N–H and O–H groups in total. The third kappa shape index (κ3) is 6.35. The van der Waals surface area contributed by atoms with E-state index in [0.717, 1.165) is 51.3 Å². The molecule has 2 aromatic heterocycles. The summed E-state index contributed by atoms with van der Waals surface area (Å²) in [5.41, 5.74) is 2.99. The molecule has 1 aromatic carbocycles. The molecular weight excluding hydrogens is 400 g/mol. The first-order chi connectivity index (χ1) is 14.2. The highest BCUT2D eigenvalue weighted by atomic mass is 35.5. The van der Waals surface area contributed by atoms with E-state index in [1.165, 1.54) is 19.3 Å². The number of benzene rings is 1. The Morgan fingerprint density at radius 1 is 1.10 bits per heavy atom. The third-order valence-corrected chi connectivity index (χ3v) is 5.80. The first kappa shape index (κ1) is 21.4. The summed E-state index contributed by atoms with van der Waals surface area (Å²) < 4.78 is 1.99. The van der Waals surface area contributed by atoms with E-state index in [2.05, 4.69) is 40.0 Å². The van der Waals surface area contributed by atoms with Crippen molar-refractivity contribution in [2.75, 3.05) is 0 Å². The fourth-order valence-electron chi connectivity index (χ4n) is 2.90. The molecule has 29 heavy (non-hydrogen) atoms. The van der Waals surface area contributed by atoms with E-state index >= 15 is 0 Å². The number of thioether (sulfide) groups is 1. The highest BCUT2D eigenvalue weighted by Gasteiger charge is 2.12. The molecule has 0 spiro atoms. The molecule has 0 saturated heterocycles. The zero-order valence-electron chi connectivity index (χ0n) is 16.9. The van der Waals surface area contributed by atoms with Crippen LogP contribution in [0.1, 0.15) is 50.2 Å². The van der Waals surface area contributed by atoms with Crippen LogP contribution in [0, 0.1) is 11.8 Å². The summed E-state index contributed by atoms with van der Waals surface area (Å²) in [4.78, 5) is 4.34. The molecule has 4 nitrogen and oxygen atoms in total. The van der Waals surface area contributed by atoms with Crippen molar-refractivity contribution in [3.05, 3.63) is 58.9 Å². The van der Waals surface area contributed by atoms with Gasteiger partial charge in [0.05, 0.1) is 0 Å². The Labute approximate surface area is 182 Å². The summed E-state index contributed by atoms with van der Waals surface area (Å²) in [6, 6.07) is 9.90. The predicted molar refractivity (Wildman–Crippen MR) is 121 cm³/mol. The van der Waals surface area contributed by atoms with E-state index in [9.17, 15) is 0 Å². The average molecular weight is 425 g/mol. The molecule has 6 heteroatoms. The van der Waals surface area contributed by atoms with Crippen LogP contribution < -0.4 is 0 Å². The van der Waals surface area contributed by atoms with Gasteiger partial charge in [-0.15, -0.1) is 10.2 Å². The number of aromatic nitrogens is 4. The molecule has 3 rings (SSSR count). The average Bonchev–Trinajstić information content (AvgIpc) is 3.10. The molecule has 0 radical (unpaired) electrons. The summed E-state index contributed by atoms with van der Waals surface area (Å²) in [5.74, 6) is 8.05. The lowest BCUT2D eigenvalue weighted by Crippen LogP contribution is -1.96. The van der Waals surface area contributed by atoms with E-state index in [0.29, 0.717) is 0 Å². The Hall–Kier alpha value is -2.29. The first-order valence-electron chi connectivity index (χ1n) is 9.88. The van der Waals surface area contributed by atoms with Gasteiger partial charge < -0.3 is 4.57 Å². The molecule has 0 fully saturated rings. The molecule has 0 aliphatic heterocycles. The SMILES string of the molecule is CCCCCCC#Cc1cncc(-c2nnc(SCc3cccc(Cl)c3)n2C)c1. The lowest BCUT2D eigenvalue weighted by Gasteiger charge is -2.04. The van der Waals surface area contributed by atoms with Crippen molar-refractivity contribution < 1.29 is 0 Å². The van der Waals surface area contributed by atoms with E-state index < -0.39 is 0 Å². The minimum Gasteiger partial charge on any atom is -0.305 e. The maximum Gasteiger partial charge on any atom is 0.191 e. The molecule has 0 atom stereocenters. The van der Waals surface area contributed by atoms with Gasteiger partial charge in [-0.1, -0.05) is 73.5 Å². The normalized spacial score (nSPS) is 10.6. The van der Waals surface area contributed by atoms with Gasteiger partial charge in [-0.25, -0.2) is 0 Å². The Bertz CT molecular complexity index is 1000. The quantitative estimate of drug-likeness (QED) is 0.247. The van der Waals surface area contributed by atoms with Crippen molar-refractivity contribution in [2.45, 2.75) is 49.9 Å². The van der Waals surface area contributed by atoms with Crippen LogP contribution >= 0.6 is 23.4 Å². The molecule has 150 valence electrons. The smallest absolute Gasteiger partial charge is 0.191 e. The number of halogens is 1.